The van der Waals surface area contributed by atoms with Gasteiger partial charge in [0, 0.05) is 22.5 Å². The molecule has 116 valence electrons. The number of thioether (sulfide) groups is 1. The summed E-state index contributed by atoms with van der Waals surface area (Å²) >= 11 is 7.56. The third-order valence-electron chi connectivity index (χ3n) is 3.04. The maximum absolute atomic E-state index is 5.97. The highest BCUT2D eigenvalue weighted by molar-refractivity contribution is 7.98. The smallest absolute Gasteiger partial charge is 0.223 e. The average Bonchev–Trinajstić information content (AvgIpc) is 2.53. The number of halogens is 1. The lowest BCUT2D eigenvalue weighted by Crippen LogP contribution is -1.95. The highest BCUT2D eigenvalue weighted by atomic mass is 35.5. The topological polar surface area (TPSA) is 35.0 Å². The Bertz CT molecular complexity index is 796. The van der Waals surface area contributed by atoms with E-state index in [9.17, 15) is 0 Å². The van der Waals surface area contributed by atoms with Gasteiger partial charge in [0.1, 0.15) is 5.75 Å². The van der Waals surface area contributed by atoms with Gasteiger partial charge in [0.05, 0.1) is 0 Å². The van der Waals surface area contributed by atoms with Crippen LogP contribution in [0.15, 0.2) is 65.8 Å². The maximum atomic E-state index is 5.97. The van der Waals surface area contributed by atoms with Crippen LogP contribution in [0.4, 0.5) is 0 Å². The Kier molecular flexibility index (Phi) is 5.16. The maximum Gasteiger partial charge on any atom is 0.223 e. The number of nitrogens with zero attached hydrogens (tertiary/aromatic N) is 2. The third-order valence-corrected chi connectivity index (χ3v) is 4.19. The lowest BCUT2D eigenvalue weighted by Gasteiger charge is -2.08. The van der Waals surface area contributed by atoms with Crippen LogP contribution in [-0.2, 0) is 5.75 Å². The van der Waals surface area contributed by atoms with Gasteiger partial charge < -0.3 is 4.74 Å². The molecule has 0 radical (unpaired) electrons. The van der Waals surface area contributed by atoms with Crippen molar-refractivity contribution in [3.05, 3.63) is 76.9 Å². The standard InChI is InChI=1S/C18H15ClN2OS/c1-13-10-17(22-16-9-5-8-15(19)11-16)21-18(20-13)23-12-14-6-3-2-4-7-14/h2-11H,12H2,1H3. The molecule has 0 aliphatic rings. The molecule has 0 amide bonds. The molecule has 0 spiro atoms. The highest BCUT2D eigenvalue weighted by Crippen LogP contribution is 2.26. The van der Waals surface area contributed by atoms with Crippen LogP contribution >= 0.6 is 23.4 Å². The predicted octanol–water partition coefficient (Wildman–Crippen LogP) is 5.52. The van der Waals surface area contributed by atoms with Crippen LogP contribution in [0.3, 0.4) is 0 Å². The van der Waals surface area contributed by atoms with Gasteiger partial charge in [-0.3, -0.25) is 0 Å². The van der Waals surface area contributed by atoms with Crippen LogP contribution in [0.1, 0.15) is 11.3 Å². The summed E-state index contributed by atoms with van der Waals surface area (Å²) < 4.78 is 5.78. The molecule has 2 aromatic carbocycles. The number of hydrogen-bond donors (Lipinski definition) is 0. The first-order chi connectivity index (χ1) is 11.2. The predicted molar refractivity (Wildman–Crippen MR) is 94.3 cm³/mol. The Labute approximate surface area is 144 Å². The molecule has 0 saturated carbocycles. The average molecular weight is 343 g/mol. The minimum Gasteiger partial charge on any atom is -0.439 e. The number of aromatic nitrogens is 2. The number of aryl methyl sites for hydroxylation is 1. The lowest BCUT2D eigenvalue weighted by molar-refractivity contribution is 0.454. The van der Waals surface area contributed by atoms with Gasteiger partial charge in [-0.1, -0.05) is 59.8 Å². The van der Waals surface area contributed by atoms with Crippen LogP contribution in [0.5, 0.6) is 11.6 Å². The molecule has 3 nitrogen and oxygen atoms in total. The van der Waals surface area contributed by atoms with Crippen LogP contribution in [-0.4, -0.2) is 9.97 Å². The summed E-state index contributed by atoms with van der Waals surface area (Å²) in [6, 6.07) is 19.3. The first-order valence-electron chi connectivity index (χ1n) is 7.15. The molecule has 0 atom stereocenters. The molecule has 0 unspecified atom stereocenters. The van der Waals surface area contributed by atoms with Crippen LogP contribution in [0, 0.1) is 6.92 Å². The van der Waals surface area contributed by atoms with E-state index < -0.39 is 0 Å². The summed E-state index contributed by atoms with van der Waals surface area (Å²) in [6.45, 7) is 1.93. The Morgan fingerprint density at radius 2 is 1.83 bits per heavy atom. The molecule has 3 aromatic rings. The van der Waals surface area contributed by atoms with Crippen molar-refractivity contribution in [2.24, 2.45) is 0 Å². The number of benzene rings is 2. The summed E-state index contributed by atoms with van der Waals surface area (Å²) in [4.78, 5) is 8.91. The minimum atomic E-state index is 0.523. The van der Waals surface area contributed by atoms with Crippen LogP contribution in [0.2, 0.25) is 5.02 Å². The van der Waals surface area contributed by atoms with E-state index in [0.29, 0.717) is 21.8 Å². The Morgan fingerprint density at radius 1 is 1.00 bits per heavy atom. The van der Waals surface area contributed by atoms with E-state index in [1.807, 2.05) is 43.3 Å². The summed E-state index contributed by atoms with van der Waals surface area (Å²) in [5, 5.41) is 1.33. The van der Waals surface area contributed by atoms with Gasteiger partial charge in [0.25, 0.3) is 0 Å². The van der Waals surface area contributed by atoms with Crippen molar-refractivity contribution >= 4 is 23.4 Å². The second-order valence-electron chi connectivity index (χ2n) is 4.96. The Balaban J connectivity index is 1.73. The molecule has 1 aromatic heterocycles. The largest absolute Gasteiger partial charge is 0.439 e. The van der Waals surface area contributed by atoms with E-state index in [0.717, 1.165) is 11.4 Å². The fourth-order valence-corrected chi connectivity index (χ4v) is 3.04. The summed E-state index contributed by atoms with van der Waals surface area (Å²) in [5.41, 5.74) is 2.10. The number of hydrogen-bond acceptors (Lipinski definition) is 4. The zero-order valence-electron chi connectivity index (χ0n) is 12.6. The molecule has 0 fully saturated rings. The van der Waals surface area contributed by atoms with Gasteiger partial charge in [0.2, 0.25) is 5.88 Å². The first kappa shape index (κ1) is 15.8. The molecule has 0 N–H and O–H groups in total. The molecular formula is C18H15ClN2OS. The van der Waals surface area contributed by atoms with E-state index in [-0.39, 0.29) is 0 Å². The first-order valence-corrected chi connectivity index (χ1v) is 8.51. The van der Waals surface area contributed by atoms with Crippen molar-refractivity contribution in [2.45, 2.75) is 17.8 Å². The Hall–Kier alpha value is -2.04. The molecule has 0 aliphatic carbocycles. The van der Waals surface area contributed by atoms with E-state index >= 15 is 0 Å². The van der Waals surface area contributed by atoms with Crippen molar-refractivity contribution in [1.82, 2.24) is 9.97 Å². The monoisotopic (exact) mass is 342 g/mol. The molecule has 1 heterocycles. The molecule has 23 heavy (non-hydrogen) atoms. The van der Waals surface area contributed by atoms with Gasteiger partial charge in [0.15, 0.2) is 5.16 Å². The fourth-order valence-electron chi connectivity index (χ4n) is 2.00. The van der Waals surface area contributed by atoms with Gasteiger partial charge in [-0.25, -0.2) is 4.98 Å². The normalized spacial score (nSPS) is 10.5. The van der Waals surface area contributed by atoms with Crippen molar-refractivity contribution < 1.29 is 4.74 Å². The molecule has 5 heteroatoms. The van der Waals surface area contributed by atoms with Gasteiger partial charge in [-0.15, -0.1) is 0 Å². The lowest BCUT2D eigenvalue weighted by atomic mass is 10.2. The van der Waals surface area contributed by atoms with E-state index in [1.165, 1.54) is 5.56 Å². The quantitative estimate of drug-likeness (QED) is 0.451. The van der Waals surface area contributed by atoms with Gasteiger partial charge in [-0.2, -0.15) is 4.98 Å². The molecule has 0 bridgehead atoms. The summed E-state index contributed by atoms with van der Waals surface area (Å²) in [7, 11) is 0. The van der Waals surface area contributed by atoms with E-state index in [2.05, 4.69) is 22.1 Å². The van der Waals surface area contributed by atoms with Gasteiger partial charge in [-0.05, 0) is 30.7 Å². The molecular weight excluding hydrogens is 328 g/mol. The molecule has 3 rings (SSSR count). The van der Waals surface area contributed by atoms with Crippen LogP contribution in [0.25, 0.3) is 0 Å². The zero-order chi connectivity index (χ0) is 16.1. The number of rotatable bonds is 5. The van der Waals surface area contributed by atoms with Crippen molar-refractivity contribution in [3.63, 3.8) is 0 Å². The van der Waals surface area contributed by atoms with Crippen LogP contribution < -0.4 is 4.74 Å². The van der Waals surface area contributed by atoms with E-state index in [4.69, 9.17) is 16.3 Å². The third kappa shape index (κ3) is 4.71. The van der Waals surface area contributed by atoms with Crippen molar-refractivity contribution in [3.8, 4) is 11.6 Å². The van der Waals surface area contributed by atoms with Gasteiger partial charge >= 0.3 is 0 Å². The van der Waals surface area contributed by atoms with Crippen molar-refractivity contribution in [1.29, 1.82) is 0 Å². The minimum absolute atomic E-state index is 0.523. The zero-order valence-corrected chi connectivity index (χ0v) is 14.1. The summed E-state index contributed by atoms with van der Waals surface area (Å²) in [6.07, 6.45) is 0. The second kappa shape index (κ2) is 7.49. The number of ether oxygens (including phenoxy) is 1. The molecule has 0 aliphatic heterocycles. The highest BCUT2D eigenvalue weighted by Gasteiger charge is 2.06. The van der Waals surface area contributed by atoms with E-state index in [1.54, 1.807) is 23.9 Å². The second-order valence-corrected chi connectivity index (χ2v) is 6.34. The molecule has 0 saturated heterocycles. The fraction of sp³-hybridized carbons (Fsp3) is 0.111. The summed E-state index contributed by atoms with van der Waals surface area (Å²) in [5.74, 6) is 2.01. The Morgan fingerprint density at radius 3 is 2.61 bits per heavy atom. The SMILES string of the molecule is Cc1cc(Oc2cccc(Cl)c2)nc(SCc2ccccc2)n1. The van der Waals surface area contributed by atoms with Crippen molar-refractivity contribution in [2.75, 3.05) is 0 Å².